The van der Waals surface area contributed by atoms with E-state index in [0.29, 0.717) is 19.3 Å². The van der Waals surface area contributed by atoms with Gasteiger partial charge in [0, 0.05) is 18.8 Å². The van der Waals surface area contributed by atoms with Crippen LogP contribution in [0.5, 0.6) is 0 Å². The Bertz CT molecular complexity index is 2040. The molecule has 0 spiro atoms. The minimum absolute atomic E-state index is 0.0897. The van der Waals surface area contributed by atoms with E-state index in [1.54, 1.807) is 0 Å². The smallest absolute Gasteiger partial charge is 0.328 e. The van der Waals surface area contributed by atoms with Gasteiger partial charge in [0.25, 0.3) is 0 Å². The van der Waals surface area contributed by atoms with E-state index >= 15 is 14.4 Å². The summed E-state index contributed by atoms with van der Waals surface area (Å²) in [5.74, 6) is -2.45. The van der Waals surface area contributed by atoms with Gasteiger partial charge in [0.05, 0.1) is 13.2 Å². The van der Waals surface area contributed by atoms with Crippen molar-refractivity contribution < 1.29 is 29.3 Å². The molecule has 0 aliphatic rings. The lowest BCUT2D eigenvalue weighted by atomic mass is 9.62. The normalized spacial score (nSPS) is 12.8. The van der Waals surface area contributed by atoms with Gasteiger partial charge in [-0.3, -0.25) is 14.4 Å². The number of aliphatic hydroxyl groups is 2. The SMILES string of the molecule is CCCCCCCC/C=C\CCCCCCCC(=O)C(C(=O)CCCCCCC/C=C\CCCCCCCC)(C(=O)OC(CO)CO)C(CCCCCCC)c1ccc2ccc3cccc4ccc1c2c34. The van der Waals surface area contributed by atoms with Crippen molar-refractivity contribution in [2.75, 3.05) is 13.2 Å². The molecule has 1 unspecified atom stereocenters. The van der Waals surface area contributed by atoms with Crippen molar-refractivity contribution in [1.82, 2.24) is 0 Å². The molecular formula is C65H98O6. The van der Waals surface area contributed by atoms with Crippen LogP contribution in [0.15, 0.2) is 78.9 Å². The van der Waals surface area contributed by atoms with E-state index in [2.05, 4.69) is 99.7 Å². The van der Waals surface area contributed by atoms with Crippen LogP contribution in [0, 0.1) is 5.41 Å². The van der Waals surface area contributed by atoms with E-state index in [1.807, 2.05) is 0 Å². The zero-order valence-electron chi connectivity index (χ0n) is 45.1. The second-order valence-corrected chi connectivity index (χ2v) is 21.0. The van der Waals surface area contributed by atoms with Gasteiger partial charge in [0.15, 0.2) is 17.0 Å². The van der Waals surface area contributed by atoms with Gasteiger partial charge in [0.1, 0.15) is 6.10 Å². The first kappa shape index (κ1) is 59.7. The molecule has 0 heterocycles. The zero-order chi connectivity index (χ0) is 50.8. The molecule has 394 valence electrons. The number of unbranched alkanes of at least 4 members (excludes halogenated alkanes) is 26. The number of esters is 1. The molecule has 0 aliphatic carbocycles. The number of hydrogen-bond acceptors (Lipinski definition) is 6. The van der Waals surface area contributed by atoms with Gasteiger partial charge in [0.2, 0.25) is 0 Å². The highest BCUT2D eigenvalue weighted by molar-refractivity contribution is 6.26. The van der Waals surface area contributed by atoms with Crippen LogP contribution < -0.4 is 0 Å². The van der Waals surface area contributed by atoms with E-state index < -0.39 is 36.6 Å². The Morgan fingerprint density at radius 2 is 0.845 bits per heavy atom. The van der Waals surface area contributed by atoms with Crippen LogP contribution in [0.25, 0.3) is 32.3 Å². The topological polar surface area (TPSA) is 101 Å². The van der Waals surface area contributed by atoms with Crippen molar-refractivity contribution in [2.45, 2.75) is 251 Å². The van der Waals surface area contributed by atoms with Gasteiger partial charge in [-0.15, -0.1) is 0 Å². The van der Waals surface area contributed by atoms with E-state index in [4.69, 9.17) is 4.74 Å². The Morgan fingerprint density at radius 1 is 0.465 bits per heavy atom. The third-order valence-corrected chi connectivity index (χ3v) is 15.3. The number of aliphatic hydroxyl groups excluding tert-OH is 2. The van der Waals surface area contributed by atoms with Gasteiger partial charge < -0.3 is 14.9 Å². The number of ether oxygens (including phenoxy) is 1. The number of rotatable bonds is 44. The van der Waals surface area contributed by atoms with Crippen molar-refractivity contribution in [3.05, 3.63) is 84.5 Å². The summed E-state index contributed by atoms with van der Waals surface area (Å²) in [5.41, 5.74) is -1.30. The predicted octanol–water partition coefficient (Wildman–Crippen LogP) is 18.1. The number of ketones is 2. The third-order valence-electron chi connectivity index (χ3n) is 15.3. The van der Waals surface area contributed by atoms with Crippen molar-refractivity contribution >= 4 is 49.9 Å². The lowest BCUT2D eigenvalue weighted by Crippen LogP contribution is -2.53. The lowest BCUT2D eigenvalue weighted by molar-refractivity contribution is -0.174. The highest BCUT2D eigenvalue weighted by atomic mass is 16.6. The second-order valence-electron chi connectivity index (χ2n) is 21.0. The Balaban J connectivity index is 1.59. The molecule has 4 rings (SSSR count). The summed E-state index contributed by atoms with van der Waals surface area (Å²) in [4.78, 5) is 46.4. The number of carbonyl (C=O) groups is 3. The maximum Gasteiger partial charge on any atom is 0.328 e. The minimum Gasteiger partial charge on any atom is -0.456 e. The van der Waals surface area contributed by atoms with Crippen LogP contribution in [0.1, 0.15) is 251 Å². The maximum atomic E-state index is 15.6. The van der Waals surface area contributed by atoms with Gasteiger partial charge in [-0.1, -0.05) is 235 Å². The molecule has 0 saturated heterocycles. The predicted molar refractivity (Wildman–Crippen MR) is 302 cm³/mol. The van der Waals surface area contributed by atoms with Crippen molar-refractivity contribution in [1.29, 1.82) is 0 Å². The monoisotopic (exact) mass is 975 g/mol. The van der Waals surface area contributed by atoms with E-state index in [1.165, 1.54) is 77.0 Å². The minimum atomic E-state index is -2.13. The Morgan fingerprint density at radius 3 is 1.30 bits per heavy atom. The van der Waals surface area contributed by atoms with E-state index in [0.717, 1.165) is 147 Å². The number of hydrogen-bond donors (Lipinski definition) is 2. The summed E-state index contributed by atoms with van der Waals surface area (Å²) in [5, 5.41) is 27.0. The molecule has 0 bridgehead atoms. The summed E-state index contributed by atoms with van der Waals surface area (Å²) < 4.78 is 5.99. The summed E-state index contributed by atoms with van der Waals surface area (Å²) in [7, 11) is 0. The molecule has 1 atom stereocenters. The fourth-order valence-electron chi connectivity index (χ4n) is 11.0. The standard InChI is InChI=1S/C65H98O6/c1-4-7-10-13-15-17-19-21-23-25-27-29-31-34-37-43-60(68)65(64(70)71-56(51-66)52-67,61(69)44-38-35-32-30-28-26-24-22-20-18-16-14-11-8-5-2)59(42-36-33-12-9-6-3)57-49-47-55-46-45-53-40-39-41-54-48-50-58(57)63(55)62(53)54/h21-24,39-41,45-50,56,59,66-67H,4-20,25-38,42-44,51-52H2,1-3H3/b23-21-,24-22-. The third kappa shape index (κ3) is 19.5. The van der Waals surface area contributed by atoms with Crippen LogP contribution in [0.4, 0.5) is 0 Å². The molecule has 0 aliphatic heterocycles. The molecule has 0 saturated carbocycles. The molecule has 2 N–H and O–H groups in total. The van der Waals surface area contributed by atoms with Crippen LogP contribution in [-0.4, -0.2) is 47.1 Å². The summed E-state index contributed by atoms with van der Waals surface area (Å²) in [6.45, 7) is 5.49. The fraction of sp³-hybridized carbons (Fsp3) is 0.646. The van der Waals surface area contributed by atoms with Gasteiger partial charge >= 0.3 is 5.97 Å². The van der Waals surface area contributed by atoms with E-state index in [-0.39, 0.29) is 24.4 Å². The van der Waals surface area contributed by atoms with Crippen LogP contribution in [0.2, 0.25) is 0 Å². The van der Waals surface area contributed by atoms with Crippen LogP contribution in [-0.2, 0) is 19.1 Å². The van der Waals surface area contributed by atoms with Crippen molar-refractivity contribution in [3.63, 3.8) is 0 Å². The first-order chi connectivity index (χ1) is 34.9. The van der Waals surface area contributed by atoms with Gasteiger partial charge in [-0.2, -0.15) is 0 Å². The molecule has 0 fully saturated rings. The largest absolute Gasteiger partial charge is 0.456 e. The molecule has 71 heavy (non-hydrogen) atoms. The Kier molecular flexibility index (Phi) is 30.4. The summed E-state index contributed by atoms with van der Waals surface area (Å²) in [6, 6.07) is 19.0. The van der Waals surface area contributed by atoms with Crippen LogP contribution in [0.3, 0.4) is 0 Å². The molecule has 6 nitrogen and oxygen atoms in total. The number of allylic oxidation sites excluding steroid dienone is 4. The Hall–Kier alpha value is -3.87. The molecule has 0 amide bonds. The zero-order valence-corrected chi connectivity index (χ0v) is 45.1. The average Bonchev–Trinajstić information content (AvgIpc) is 3.39. The maximum absolute atomic E-state index is 15.6. The number of Topliss-reactive ketones (excluding diaryl/α,β-unsaturated/α-hetero) is 2. The second kappa shape index (κ2) is 36.1. The number of benzene rings is 4. The fourth-order valence-corrected chi connectivity index (χ4v) is 11.0. The lowest BCUT2D eigenvalue weighted by Gasteiger charge is -2.38. The van der Waals surface area contributed by atoms with Crippen LogP contribution >= 0.6 is 0 Å². The van der Waals surface area contributed by atoms with E-state index in [9.17, 15) is 10.2 Å². The molecule has 4 aromatic rings. The first-order valence-electron chi connectivity index (χ1n) is 29.3. The quantitative estimate of drug-likeness (QED) is 0.0151. The highest BCUT2D eigenvalue weighted by Crippen LogP contribution is 2.49. The highest BCUT2D eigenvalue weighted by Gasteiger charge is 2.58. The average molecular weight is 975 g/mol. The molecule has 6 heteroatoms. The molecular weight excluding hydrogens is 877 g/mol. The molecule has 4 aromatic carbocycles. The number of carbonyl (C=O) groups excluding carboxylic acids is 3. The summed E-state index contributed by atoms with van der Waals surface area (Å²) >= 11 is 0. The van der Waals surface area contributed by atoms with Crippen molar-refractivity contribution in [3.8, 4) is 0 Å². The van der Waals surface area contributed by atoms with Gasteiger partial charge in [-0.05, 0) is 109 Å². The molecule has 0 radical (unpaired) electrons. The molecule has 0 aromatic heterocycles. The van der Waals surface area contributed by atoms with Gasteiger partial charge in [-0.25, -0.2) is 0 Å². The first-order valence-corrected chi connectivity index (χ1v) is 29.3. The Labute approximate surface area is 431 Å². The summed E-state index contributed by atoms with van der Waals surface area (Å²) in [6.07, 6.45) is 42.9. The van der Waals surface area contributed by atoms with Crippen molar-refractivity contribution in [2.24, 2.45) is 5.41 Å².